The summed E-state index contributed by atoms with van der Waals surface area (Å²) in [6, 6.07) is 8.73. The Morgan fingerprint density at radius 3 is 2.11 bits per heavy atom. The van der Waals surface area contributed by atoms with Gasteiger partial charge in [0.25, 0.3) is 0 Å². The molecule has 4 heteroatoms. The third kappa shape index (κ3) is 5.22. The molecule has 0 aliphatic heterocycles. The first kappa shape index (κ1) is 15.9. The molecule has 0 amide bonds. The molecular formula is C14H22INO2. The maximum Gasteiger partial charge on any atom is 0.172 e. The molecule has 1 atom stereocenters. The van der Waals surface area contributed by atoms with E-state index in [0.29, 0.717) is 13.2 Å². The van der Waals surface area contributed by atoms with E-state index in [-0.39, 0.29) is 12.3 Å². The third-order valence-electron chi connectivity index (χ3n) is 2.73. The highest BCUT2D eigenvalue weighted by Crippen LogP contribution is 2.12. The van der Waals surface area contributed by atoms with Crippen molar-refractivity contribution < 1.29 is 9.47 Å². The number of rotatable bonds is 8. The van der Waals surface area contributed by atoms with Gasteiger partial charge in [0.1, 0.15) is 0 Å². The van der Waals surface area contributed by atoms with Gasteiger partial charge in [0.05, 0.1) is 6.04 Å². The summed E-state index contributed by atoms with van der Waals surface area (Å²) in [6.07, 6.45) is 0.710. The van der Waals surface area contributed by atoms with Crippen molar-refractivity contribution >= 4 is 22.6 Å². The second-order valence-corrected chi connectivity index (χ2v) is 5.25. The zero-order chi connectivity index (χ0) is 13.4. The van der Waals surface area contributed by atoms with Gasteiger partial charge in [0.15, 0.2) is 6.29 Å². The molecule has 0 saturated heterocycles. The summed E-state index contributed by atoms with van der Waals surface area (Å²) < 4.78 is 12.5. The van der Waals surface area contributed by atoms with E-state index in [2.05, 4.69) is 52.2 Å². The second-order valence-electron chi connectivity index (χ2n) is 4.00. The minimum atomic E-state index is -0.190. The Hall–Kier alpha value is -0.170. The van der Waals surface area contributed by atoms with Gasteiger partial charge in [-0.15, -0.1) is 0 Å². The lowest BCUT2D eigenvalue weighted by Crippen LogP contribution is -2.42. The molecule has 0 saturated carbocycles. The summed E-state index contributed by atoms with van der Waals surface area (Å²) in [5.74, 6) is 0. The van der Waals surface area contributed by atoms with Gasteiger partial charge in [-0.1, -0.05) is 12.1 Å². The monoisotopic (exact) mass is 363 g/mol. The molecule has 102 valence electrons. The van der Waals surface area contributed by atoms with Crippen LogP contribution in [0.2, 0.25) is 0 Å². The van der Waals surface area contributed by atoms with Crippen molar-refractivity contribution in [2.24, 2.45) is 0 Å². The average Bonchev–Trinajstić information content (AvgIpc) is 2.38. The summed E-state index contributed by atoms with van der Waals surface area (Å²) in [5.41, 5.74) is 1.29. The molecule has 0 fully saturated rings. The van der Waals surface area contributed by atoms with E-state index in [0.717, 1.165) is 6.42 Å². The first-order chi connectivity index (χ1) is 8.71. The smallest absolute Gasteiger partial charge is 0.172 e. The van der Waals surface area contributed by atoms with Crippen LogP contribution in [0.5, 0.6) is 0 Å². The van der Waals surface area contributed by atoms with Crippen LogP contribution in [0.25, 0.3) is 0 Å². The molecule has 0 aliphatic carbocycles. The standard InChI is InChI=1S/C14H22INO2/c1-4-17-14(18-5-2)13(16-3)10-11-6-8-12(15)9-7-11/h6-9,13-14,16H,4-5,10H2,1-3H3. The van der Waals surface area contributed by atoms with Crippen molar-refractivity contribution in [2.45, 2.75) is 32.6 Å². The van der Waals surface area contributed by atoms with E-state index in [1.807, 2.05) is 20.9 Å². The van der Waals surface area contributed by atoms with Crippen LogP contribution in [-0.2, 0) is 15.9 Å². The van der Waals surface area contributed by atoms with E-state index >= 15 is 0 Å². The summed E-state index contributed by atoms with van der Waals surface area (Å²) in [6.45, 7) is 5.30. The predicted octanol–water partition coefficient (Wildman–Crippen LogP) is 2.82. The summed E-state index contributed by atoms with van der Waals surface area (Å²) >= 11 is 2.31. The van der Waals surface area contributed by atoms with E-state index in [1.54, 1.807) is 0 Å². The fraction of sp³-hybridized carbons (Fsp3) is 0.571. The molecule has 0 radical (unpaired) electrons. The number of ether oxygens (including phenoxy) is 2. The SMILES string of the molecule is CCOC(OCC)C(Cc1ccc(I)cc1)NC. The van der Waals surface area contributed by atoms with Gasteiger partial charge in [-0.05, 0) is 67.6 Å². The van der Waals surface area contributed by atoms with Gasteiger partial charge in [-0.3, -0.25) is 0 Å². The minimum Gasteiger partial charge on any atom is -0.351 e. The molecule has 1 aromatic carbocycles. The number of likely N-dealkylation sites (N-methyl/N-ethyl adjacent to an activating group) is 1. The molecule has 0 aliphatic rings. The van der Waals surface area contributed by atoms with E-state index in [9.17, 15) is 0 Å². The fourth-order valence-corrected chi connectivity index (χ4v) is 2.18. The number of benzene rings is 1. The Morgan fingerprint density at radius 2 is 1.67 bits per heavy atom. The van der Waals surface area contributed by atoms with Gasteiger partial charge in [0, 0.05) is 16.8 Å². The molecule has 1 N–H and O–H groups in total. The van der Waals surface area contributed by atoms with Crippen LogP contribution >= 0.6 is 22.6 Å². The first-order valence-electron chi connectivity index (χ1n) is 6.36. The number of nitrogens with one attached hydrogen (secondary N) is 1. The van der Waals surface area contributed by atoms with Gasteiger partial charge in [-0.25, -0.2) is 0 Å². The Labute approximate surface area is 123 Å². The molecule has 1 unspecified atom stereocenters. The Morgan fingerprint density at radius 1 is 1.11 bits per heavy atom. The lowest BCUT2D eigenvalue weighted by atomic mass is 10.1. The molecular weight excluding hydrogens is 341 g/mol. The van der Waals surface area contributed by atoms with E-state index < -0.39 is 0 Å². The predicted molar refractivity (Wildman–Crippen MR) is 82.8 cm³/mol. The molecule has 1 aromatic rings. The first-order valence-corrected chi connectivity index (χ1v) is 7.44. The van der Waals surface area contributed by atoms with E-state index in [1.165, 1.54) is 9.13 Å². The van der Waals surface area contributed by atoms with Crippen LogP contribution in [0.1, 0.15) is 19.4 Å². The number of hydrogen-bond donors (Lipinski definition) is 1. The van der Waals surface area contributed by atoms with Crippen LogP contribution in [0.4, 0.5) is 0 Å². The van der Waals surface area contributed by atoms with Crippen molar-refractivity contribution in [1.82, 2.24) is 5.32 Å². The second kappa shape index (κ2) is 8.85. The van der Waals surface area contributed by atoms with E-state index in [4.69, 9.17) is 9.47 Å². The summed E-state index contributed by atoms with van der Waals surface area (Å²) in [5, 5.41) is 3.28. The molecule has 0 heterocycles. The Balaban J connectivity index is 2.66. The molecule has 18 heavy (non-hydrogen) atoms. The number of hydrogen-bond acceptors (Lipinski definition) is 3. The van der Waals surface area contributed by atoms with Crippen molar-refractivity contribution in [3.63, 3.8) is 0 Å². The highest BCUT2D eigenvalue weighted by Gasteiger charge is 2.20. The van der Waals surface area contributed by atoms with Crippen molar-refractivity contribution in [1.29, 1.82) is 0 Å². The zero-order valence-electron chi connectivity index (χ0n) is 11.3. The van der Waals surface area contributed by atoms with Gasteiger partial charge in [0.2, 0.25) is 0 Å². The number of halogens is 1. The molecule has 0 aromatic heterocycles. The summed E-state index contributed by atoms with van der Waals surface area (Å²) in [7, 11) is 1.95. The molecule has 1 rings (SSSR count). The zero-order valence-corrected chi connectivity index (χ0v) is 13.4. The highest BCUT2D eigenvalue weighted by molar-refractivity contribution is 14.1. The average molecular weight is 363 g/mol. The van der Waals surface area contributed by atoms with Gasteiger partial charge in [-0.2, -0.15) is 0 Å². The topological polar surface area (TPSA) is 30.5 Å². The Bertz CT molecular complexity index is 323. The van der Waals surface area contributed by atoms with Crippen LogP contribution in [-0.4, -0.2) is 32.6 Å². The minimum absolute atomic E-state index is 0.171. The quantitative estimate of drug-likeness (QED) is 0.569. The lowest BCUT2D eigenvalue weighted by molar-refractivity contribution is -0.152. The van der Waals surface area contributed by atoms with Crippen LogP contribution in [0.15, 0.2) is 24.3 Å². The maximum atomic E-state index is 5.65. The van der Waals surface area contributed by atoms with Crippen LogP contribution in [0.3, 0.4) is 0 Å². The van der Waals surface area contributed by atoms with Crippen LogP contribution in [0, 0.1) is 3.57 Å². The van der Waals surface area contributed by atoms with Crippen molar-refractivity contribution in [3.05, 3.63) is 33.4 Å². The van der Waals surface area contributed by atoms with Gasteiger partial charge >= 0.3 is 0 Å². The maximum absolute atomic E-state index is 5.65. The van der Waals surface area contributed by atoms with Crippen molar-refractivity contribution in [2.75, 3.05) is 20.3 Å². The normalized spacial score (nSPS) is 12.9. The fourth-order valence-electron chi connectivity index (χ4n) is 1.82. The highest BCUT2D eigenvalue weighted by atomic mass is 127. The molecule has 0 spiro atoms. The van der Waals surface area contributed by atoms with Crippen LogP contribution < -0.4 is 5.32 Å². The molecule has 0 bridgehead atoms. The molecule has 3 nitrogen and oxygen atoms in total. The van der Waals surface area contributed by atoms with Crippen molar-refractivity contribution in [3.8, 4) is 0 Å². The third-order valence-corrected chi connectivity index (χ3v) is 3.45. The Kier molecular flexibility index (Phi) is 7.81. The van der Waals surface area contributed by atoms with Gasteiger partial charge < -0.3 is 14.8 Å². The summed E-state index contributed by atoms with van der Waals surface area (Å²) in [4.78, 5) is 0. The lowest BCUT2D eigenvalue weighted by Gasteiger charge is -2.26. The largest absolute Gasteiger partial charge is 0.351 e.